The van der Waals surface area contributed by atoms with Crippen molar-refractivity contribution >= 4 is 29.4 Å². The largest absolute Gasteiger partial charge is 0.495 e. The molecule has 0 unspecified atom stereocenters. The molecule has 138 valence electrons. The molecule has 0 saturated heterocycles. The molecule has 2 N–H and O–H groups in total. The summed E-state index contributed by atoms with van der Waals surface area (Å²) in [5.41, 5.74) is 4.09. The summed E-state index contributed by atoms with van der Waals surface area (Å²) < 4.78 is 10.9. The molecular formula is C20H18ClN3O3. The van der Waals surface area contributed by atoms with Gasteiger partial charge in [-0.05, 0) is 48.5 Å². The average molecular weight is 384 g/mol. The fraction of sp³-hybridized carbons (Fsp3) is 0.100. The number of hydrogen-bond acceptors (Lipinski definition) is 5. The molecule has 27 heavy (non-hydrogen) atoms. The predicted molar refractivity (Wildman–Crippen MR) is 106 cm³/mol. The number of carbonyl (C=O) groups excluding carboxylic acids is 1. The molecule has 0 aliphatic rings. The number of nitrogens with zero attached hydrogens (tertiary/aromatic N) is 1. The summed E-state index contributed by atoms with van der Waals surface area (Å²) >= 11 is 5.88. The van der Waals surface area contributed by atoms with E-state index in [0.717, 1.165) is 11.3 Å². The molecule has 0 spiro atoms. The van der Waals surface area contributed by atoms with Crippen molar-refractivity contribution in [3.05, 3.63) is 71.4 Å². The molecule has 1 aromatic heterocycles. The van der Waals surface area contributed by atoms with E-state index < -0.39 is 0 Å². The van der Waals surface area contributed by atoms with E-state index in [1.54, 1.807) is 25.3 Å². The molecule has 0 fully saturated rings. The second-order valence-electron chi connectivity index (χ2n) is 5.56. The Morgan fingerprint density at radius 2 is 1.93 bits per heavy atom. The van der Waals surface area contributed by atoms with Gasteiger partial charge in [-0.25, -0.2) is 5.43 Å². The molecule has 0 radical (unpaired) electrons. The first-order valence-corrected chi connectivity index (χ1v) is 8.58. The Morgan fingerprint density at radius 1 is 1.15 bits per heavy atom. The Labute approximate surface area is 161 Å². The number of methoxy groups -OCH3 is 1. The van der Waals surface area contributed by atoms with Crippen LogP contribution in [0.2, 0.25) is 5.02 Å². The van der Waals surface area contributed by atoms with Crippen molar-refractivity contribution in [3.8, 4) is 17.1 Å². The Balaban J connectivity index is 1.51. The lowest BCUT2D eigenvalue weighted by atomic mass is 10.2. The highest BCUT2D eigenvalue weighted by Crippen LogP contribution is 2.23. The first-order chi connectivity index (χ1) is 13.2. The third kappa shape index (κ3) is 5.12. The van der Waals surface area contributed by atoms with Crippen molar-refractivity contribution in [1.82, 2.24) is 5.43 Å². The highest BCUT2D eigenvalue weighted by molar-refractivity contribution is 6.30. The highest BCUT2D eigenvalue weighted by Gasteiger charge is 2.05. The van der Waals surface area contributed by atoms with Crippen LogP contribution in [0.4, 0.5) is 5.69 Å². The molecule has 1 amide bonds. The second kappa shape index (κ2) is 8.91. The standard InChI is InChI=1S/C20H18ClN3O3/c1-26-19-5-3-2-4-17(19)22-13-20(25)24-23-12-16-10-11-18(27-16)14-6-8-15(21)9-7-14/h2-12,22H,13H2,1H3,(H,24,25)/b23-12-. The Bertz CT molecular complexity index is 936. The predicted octanol–water partition coefficient (Wildman–Crippen LogP) is 4.17. The fourth-order valence-electron chi connectivity index (χ4n) is 2.37. The van der Waals surface area contributed by atoms with Crippen LogP contribution < -0.4 is 15.5 Å². The molecule has 2 aromatic carbocycles. The molecular weight excluding hydrogens is 366 g/mol. The topological polar surface area (TPSA) is 75.9 Å². The third-order valence-electron chi connectivity index (χ3n) is 3.68. The fourth-order valence-corrected chi connectivity index (χ4v) is 2.49. The Morgan fingerprint density at radius 3 is 2.70 bits per heavy atom. The van der Waals surface area contributed by atoms with Gasteiger partial charge in [0.2, 0.25) is 0 Å². The summed E-state index contributed by atoms with van der Waals surface area (Å²) in [7, 11) is 1.58. The highest BCUT2D eigenvalue weighted by atomic mass is 35.5. The zero-order valence-corrected chi connectivity index (χ0v) is 15.4. The van der Waals surface area contributed by atoms with Crippen LogP contribution in [0.1, 0.15) is 5.76 Å². The summed E-state index contributed by atoms with van der Waals surface area (Å²) in [5.74, 6) is 1.59. The number of halogens is 1. The van der Waals surface area contributed by atoms with Gasteiger partial charge < -0.3 is 14.5 Å². The maximum absolute atomic E-state index is 11.9. The number of furan rings is 1. The number of amides is 1. The summed E-state index contributed by atoms with van der Waals surface area (Å²) in [5, 5.41) is 7.57. The first-order valence-electron chi connectivity index (χ1n) is 8.20. The summed E-state index contributed by atoms with van der Waals surface area (Å²) in [6, 6.07) is 18.3. The van der Waals surface area contributed by atoms with Crippen molar-refractivity contribution in [2.45, 2.75) is 0 Å². The van der Waals surface area contributed by atoms with E-state index >= 15 is 0 Å². The number of nitrogens with one attached hydrogen (secondary N) is 2. The van der Waals surface area contributed by atoms with Gasteiger partial charge in [0.25, 0.3) is 5.91 Å². The number of hydrogen-bond donors (Lipinski definition) is 2. The van der Waals surface area contributed by atoms with Crippen LogP contribution >= 0.6 is 11.6 Å². The average Bonchev–Trinajstić information content (AvgIpc) is 3.16. The van der Waals surface area contributed by atoms with Crippen LogP contribution in [-0.2, 0) is 4.79 Å². The van der Waals surface area contributed by atoms with Crippen LogP contribution in [0.15, 0.2) is 70.2 Å². The van der Waals surface area contributed by atoms with Crippen LogP contribution in [0, 0.1) is 0 Å². The summed E-state index contributed by atoms with van der Waals surface area (Å²) in [4.78, 5) is 11.9. The number of carbonyl (C=O) groups is 1. The molecule has 3 rings (SSSR count). The van der Waals surface area contributed by atoms with Crippen LogP contribution in [0.25, 0.3) is 11.3 Å². The summed E-state index contributed by atoms with van der Waals surface area (Å²) in [6.45, 7) is 0.0614. The minimum atomic E-state index is -0.290. The van der Waals surface area contributed by atoms with Gasteiger partial charge in [0.05, 0.1) is 25.6 Å². The van der Waals surface area contributed by atoms with Crippen molar-refractivity contribution in [2.24, 2.45) is 5.10 Å². The normalized spacial score (nSPS) is 10.7. The second-order valence-corrected chi connectivity index (χ2v) is 5.99. The van der Waals surface area contributed by atoms with E-state index in [1.165, 1.54) is 6.21 Å². The van der Waals surface area contributed by atoms with Gasteiger partial charge in [0.1, 0.15) is 17.3 Å². The van der Waals surface area contributed by atoms with Crippen molar-refractivity contribution in [1.29, 1.82) is 0 Å². The lowest BCUT2D eigenvalue weighted by Gasteiger charge is -2.09. The lowest BCUT2D eigenvalue weighted by Crippen LogP contribution is -2.26. The molecule has 1 heterocycles. The van der Waals surface area contributed by atoms with Crippen molar-refractivity contribution in [3.63, 3.8) is 0 Å². The van der Waals surface area contributed by atoms with Crippen LogP contribution in [0.5, 0.6) is 5.75 Å². The molecule has 3 aromatic rings. The first kappa shape index (κ1) is 18.5. The number of anilines is 1. The minimum Gasteiger partial charge on any atom is -0.495 e. The zero-order chi connectivity index (χ0) is 19.1. The molecule has 6 nitrogen and oxygen atoms in total. The minimum absolute atomic E-state index is 0.0614. The number of hydrazone groups is 1. The number of ether oxygens (including phenoxy) is 1. The zero-order valence-electron chi connectivity index (χ0n) is 14.6. The number of rotatable bonds is 7. The van der Waals surface area contributed by atoms with Gasteiger partial charge in [-0.15, -0.1) is 0 Å². The van der Waals surface area contributed by atoms with Gasteiger partial charge in [-0.3, -0.25) is 4.79 Å². The Kier molecular flexibility index (Phi) is 6.12. The smallest absolute Gasteiger partial charge is 0.259 e. The van der Waals surface area contributed by atoms with Gasteiger partial charge >= 0.3 is 0 Å². The third-order valence-corrected chi connectivity index (χ3v) is 3.93. The van der Waals surface area contributed by atoms with Gasteiger partial charge in [0.15, 0.2) is 0 Å². The summed E-state index contributed by atoms with van der Waals surface area (Å²) in [6.07, 6.45) is 1.44. The van der Waals surface area contributed by atoms with Crippen molar-refractivity contribution < 1.29 is 13.9 Å². The van der Waals surface area contributed by atoms with E-state index in [1.807, 2.05) is 42.5 Å². The van der Waals surface area contributed by atoms with E-state index in [0.29, 0.717) is 22.3 Å². The lowest BCUT2D eigenvalue weighted by molar-refractivity contribution is -0.119. The van der Waals surface area contributed by atoms with Crippen molar-refractivity contribution in [2.75, 3.05) is 19.0 Å². The molecule has 0 aliphatic carbocycles. The monoisotopic (exact) mass is 383 g/mol. The number of benzene rings is 2. The van der Waals surface area contributed by atoms with Crippen LogP contribution in [-0.4, -0.2) is 25.8 Å². The van der Waals surface area contributed by atoms with Crippen LogP contribution in [0.3, 0.4) is 0 Å². The van der Waals surface area contributed by atoms with Gasteiger partial charge in [-0.1, -0.05) is 23.7 Å². The van der Waals surface area contributed by atoms with Gasteiger partial charge in [0, 0.05) is 10.6 Å². The SMILES string of the molecule is COc1ccccc1NCC(=O)N/N=C\c1ccc(-c2ccc(Cl)cc2)o1. The molecule has 0 bridgehead atoms. The quantitative estimate of drug-likeness (QED) is 0.474. The molecule has 0 saturated carbocycles. The van der Waals surface area contributed by atoms with E-state index in [9.17, 15) is 4.79 Å². The van der Waals surface area contributed by atoms with E-state index in [2.05, 4.69) is 15.8 Å². The Hall–Kier alpha value is -3.25. The molecule has 0 atom stereocenters. The van der Waals surface area contributed by atoms with Gasteiger partial charge in [-0.2, -0.15) is 5.10 Å². The molecule has 0 aliphatic heterocycles. The maximum Gasteiger partial charge on any atom is 0.259 e. The van der Waals surface area contributed by atoms with E-state index in [-0.39, 0.29) is 12.5 Å². The van der Waals surface area contributed by atoms with E-state index in [4.69, 9.17) is 20.8 Å². The number of para-hydroxylation sites is 2. The molecule has 7 heteroatoms. The maximum atomic E-state index is 11.9.